The van der Waals surface area contributed by atoms with E-state index in [1.54, 1.807) is 6.92 Å². The van der Waals surface area contributed by atoms with Crippen molar-refractivity contribution < 1.29 is 30.6 Å². The summed E-state index contributed by atoms with van der Waals surface area (Å²) >= 11 is 0. The lowest BCUT2D eigenvalue weighted by molar-refractivity contribution is -0.0730. The van der Waals surface area contributed by atoms with Gasteiger partial charge >= 0.3 is 0 Å². The third-order valence-corrected chi connectivity index (χ3v) is 3.74. The fraction of sp³-hybridized carbons (Fsp3) is 1.00. The Labute approximate surface area is 101 Å². The Hall–Kier alpha value is -0.240. The molecule has 0 aromatic heterocycles. The Kier molecular flexibility index (Phi) is 7.15. The summed E-state index contributed by atoms with van der Waals surface area (Å²) in [7, 11) is 0. The maximum atomic E-state index is 9.25. The van der Waals surface area contributed by atoms with Gasteiger partial charge in [-0.2, -0.15) is 0 Å². The van der Waals surface area contributed by atoms with Crippen molar-refractivity contribution in [2.75, 3.05) is 39.6 Å². The van der Waals surface area contributed by atoms with Crippen LogP contribution in [0.3, 0.4) is 0 Å². The Morgan fingerprint density at radius 3 is 1.29 bits per heavy atom. The van der Waals surface area contributed by atoms with Gasteiger partial charge in [-0.3, -0.25) is 0 Å². The molecular formula is C11H24O6. The van der Waals surface area contributed by atoms with Crippen molar-refractivity contribution in [2.24, 2.45) is 16.7 Å². The molecule has 1 unspecified atom stereocenters. The van der Waals surface area contributed by atoms with Crippen LogP contribution in [0.25, 0.3) is 0 Å². The maximum Gasteiger partial charge on any atom is 0.0534 e. The summed E-state index contributed by atoms with van der Waals surface area (Å²) in [5, 5.41) is 55.4. The molecule has 0 aliphatic carbocycles. The van der Waals surface area contributed by atoms with Crippen LogP contribution in [0.5, 0.6) is 0 Å². The van der Waals surface area contributed by atoms with Crippen LogP contribution in [0.1, 0.15) is 13.3 Å². The molecule has 17 heavy (non-hydrogen) atoms. The van der Waals surface area contributed by atoms with Crippen molar-refractivity contribution in [3.63, 3.8) is 0 Å². The number of aliphatic hydroxyl groups excluding tert-OH is 6. The van der Waals surface area contributed by atoms with E-state index in [1.807, 2.05) is 0 Å². The molecule has 0 aliphatic rings. The standard InChI is InChI=1S/C11H24O6/c1-9(11(6-15,7-16)8-17)2-10(3-12,4-13)5-14/h9,12-17H,2-8H2,1H3. The summed E-state index contributed by atoms with van der Waals surface area (Å²) < 4.78 is 0. The van der Waals surface area contributed by atoms with Gasteiger partial charge in [0.1, 0.15) is 0 Å². The Balaban J connectivity index is 4.85. The van der Waals surface area contributed by atoms with Gasteiger partial charge in [0.15, 0.2) is 0 Å². The topological polar surface area (TPSA) is 121 Å². The average Bonchev–Trinajstić information content (AvgIpc) is 2.39. The van der Waals surface area contributed by atoms with E-state index < -0.39 is 50.5 Å². The lowest BCUT2D eigenvalue weighted by Crippen LogP contribution is -2.45. The van der Waals surface area contributed by atoms with Crippen LogP contribution < -0.4 is 0 Å². The molecule has 0 aromatic carbocycles. The minimum atomic E-state index is -1.08. The summed E-state index contributed by atoms with van der Waals surface area (Å²) in [6.07, 6.45) is 0.193. The summed E-state index contributed by atoms with van der Waals surface area (Å²) in [5.41, 5.74) is -2.14. The SMILES string of the molecule is CC(CC(CO)(CO)CO)C(CO)(CO)CO. The molecule has 0 aliphatic heterocycles. The summed E-state index contributed by atoms with van der Waals surface area (Å²) in [4.78, 5) is 0. The molecule has 0 amide bonds. The van der Waals surface area contributed by atoms with Crippen LogP contribution >= 0.6 is 0 Å². The van der Waals surface area contributed by atoms with Crippen LogP contribution in [0.15, 0.2) is 0 Å². The van der Waals surface area contributed by atoms with Crippen molar-refractivity contribution in [3.05, 3.63) is 0 Å². The first-order valence-electron chi connectivity index (χ1n) is 5.65. The maximum absolute atomic E-state index is 9.25. The molecule has 6 N–H and O–H groups in total. The highest BCUT2D eigenvalue weighted by atomic mass is 16.3. The number of aliphatic hydroxyl groups is 6. The van der Waals surface area contributed by atoms with Gasteiger partial charge in [-0.25, -0.2) is 0 Å². The zero-order valence-electron chi connectivity index (χ0n) is 10.2. The highest BCUT2D eigenvalue weighted by Gasteiger charge is 2.40. The van der Waals surface area contributed by atoms with Crippen molar-refractivity contribution in [3.8, 4) is 0 Å². The molecule has 0 fully saturated rings. The molecule has 0 aromatic rings. The van der Waals surface area contributed by atoms with Crippen molar-refractivity contribution in [2.45, 2.75) is 13.3 Å². The molecule has 1 atom stereocenters. The fourth-order valence-electron chi connectivity index (χ4n) is 1.83. The van der Waals surface area contributed by atoms with Crippen LogP contribution in [-0.2, 0) is 0 Å². The van der Waals surface area contributed by atoms with Gasteiger partial charge in [-0.15, -0.1) is 0 Å². The van der Waals surface area contributed by atoms with Crippen molar-refractivity contribution in [1.82, 2.24) is 0 Å². The second kappa shape index (κ2) is 7.25. The minimum absolute atomic E-state index is 0.193. The van der Waals surface area contributed by atoms with Gasteiger partial charge in [-0.05, 0) is 12.3 Å². The smallest absolute Gasteiger partial charge is 0.0534 e. The average molecular weight is 252 g/mol. The molecule has 6 nitrogen and oxygen atoms in total. The van der Waals surface area contributed by atoms with Crippen LogP contribution in [0.2, 0.25) is 0 Å². The fourth-order valence-corrected chi connectivity index (χ4v) is 1.83. The molecule has 104 valence electrons. The lowest BCUT2D eigenvalue weighted by Gasteiger charge is -2.39. The quantitative estimate of drug-likeness (QED) is 0.281. The number of hydrogen-bond acceptors (Lipinski definition) is 6. The first-order valence-corrected chi connectivity index (χ1v) is 5.65. The highest BCUT2D eigenvalue weighted by Crippen LogP contribution is 2.36. The Morgan fingerprint density at radius 2 is 1.06 bits per heavy atom. The molecule has 0 heterocycles. The summed E-state index contributed by atoms with van der Waals surface area (Å²) in [5.74, 6) is -0.367. The van der Waals surface area contributed by atoms with E-state index in [0.29, 0.717) is 0 Å². The molecular weight excluding hydrogens is 228 g/mol. The Bertz CT molecular complexity index is 184. The first-order chi connectivity index (χ1) is 7.99. The normalized spacial score (nSPS) is 15.0. The monoisotopic (exact) mass is 252 g/mol. The minimum Gasteiger partial charge on any atom is -0.396 e. The van der Waals surface area contributed by atoms with Crippen molar-refractivity contribution in [1.29, 1.82) is 0 Å². The summed E-state index contributed by atoms with van der Waals surface area (Å²) in [6, 6.07) is 0. The van der Waals surface area contributed by atoms with Gasteiger partial charge in [0.2, 0.25) is 0 Å². The zero-order chi connectivity index (χ0) is 13.5. The van der Waals surface area contributed by atoms with E-state index in [1.165, 1.54) is 0 Å². The van der Waals surface area contributed by atoms with E-state index >= 15 is 0 Å². The van der Waals surface area contributed by atoms with E-state index in [2.05, 4.69) is 0 Å². The number of rotatable bonds is 9. The first kappa shape index (κ1) is 16.8. The third kappa shape index (κ3) is 3.61. The lowest BCUT2D eigenvalue weighted by atomic mass is 9.70. The van der Waals surface area contributed by atoms with E-state index in [0.717, 1.165) is 0 Å². The second-order valence-electron chi connectivity index (χ2n) is 4.92. The molecule has 6 heteroatoms. The van der Waals surface area contributed by atoms with E-state index in [9.17, 15) is 30.6 Å². The molecule has 0 rings (SSSR count). The molecule has 0 saturated carbocycles. The molecule has 0 radical (unpaired) electrons. The summed E-state index contributed by atoms with van der Waals surface area (Å²) in [6.45, 7) is -0.717. The van der Waals surface area contributed by atoms with E-state index in [4.69, 9.17) is 0 Å². The molecule has 0 spiro atoms. The van der Waals surface area contributed by atoms with Gasteiger partial charge in [0, 0.05) is 10.8 Å². The number of hydrogen-bond donors (Lipinski definition) is 6. The van der Waals surface area contributed by atoms with Gasteiger partial charge in [0.05, 0.1) is 39.6 Å². The van der Waals surface area contributed by atoms with Crippen LogP contribution in [0.4, 0.5) is 0 Å². The molecule has 0 bridgehead atoms. The largest absolute Gasteiger partial charge is 0.396 e. The van der Waals surface area contributed by atoms with Crippen LogP contribution in [0, 0.1) is 16.7 Å². The predicted molar refractivity (Wildman–Crippen MR) is 61.2 cm³/mol. The van der Waals surface area contributed by atoms with Crippen molar-refractivity contribution >= 4 is 0 Å². The zero-order valence-corrected chi connectivity index (χ0v) is 10.2. The predicted octanol–water partition coefficient (Wildman–Crippen LogP) is -2.06. The third-order valence-electron chi connectivity index (χ3n) is 3.74. The van der Waals surface area contributed by atoms with E-state index in [-0.39, 0.29) is 12.3 Å². The van der Waals surface area contributed by atoms with Crippen LogP contribution in [-0.4, -0.2) is 70.3 Å². The Morgan fingerprint density at radius 1 is 0.706 bits per heavy atom. The molecule has 0 saturated heterocycles. The highest BCUT2D eigenvalue weighted by molar-refractivity contribution is 4.89. The van der Waals surface area contributed by atoms with Gasteiger partial charge < -0.3 is 30.6 Å². The second-order valence-corrected chi connectivity index (χ2v) is 4.92. The van der Waals surface area contributed by atoms with Gasteiger partial charge in [0.25, 0.3) is 0 Å². The van der Waals surface area contributed by atoms with Gasteiger partial charge in [-0.1, -0.05) is 6.92 Å².